The van der Waals surface area contributed by atoms with Gasteiger partial charge in [0.15, 0.2) is 0 Å². The van der Waals surface area contributed by atoms with Crippen LogP contribution in [-0.2, 0) is 22.9 Å². The van der Waals surface area contributed by atoms with Crippen molar-refractivity contribution in [2.24, 2.45) is 0 Å². The number of amides is 1. The van der Waals surface area contributed by atoms with Gasteiger partial charge < -0.3 is 10.4 Å². The summed E-state index contributed by atoms with van der Waals surface area (Å²) in [5.74, 6) is -1.80. The highest BCUT2D eigenvalue weighted by Crippen LogP contribution is 2.19. The first kappa shape index (κ1) is 21.9. The van der Waals surface area contributed by atoms with Crippen LogP contribution in [0.25, 0.3) is 0 Å². The fraction of sp³-hybridized carbons (Fsp3) is 0.222. The van der Waals surface area contributed by atoms with Crippen LogP contribution in [-0.4, -0.2) is 33.8 Å². The molecule has 0 radical (unpaired) electrons. The number of benzene rings is 2. The van der Waals surface area contributed by atoms with Gasteiger partial charge >= 0.3 is 5.97 Å². The van der Waals surface area contributed by atoms with E-state index in [9.17, 15) is 24.8 Å². The number of aromatic carboxylic acids is 1. The van der Waals surface area contributed by atoms with Crippen molar-refractivity contribution in [1.29, 1.82) is 0 Å². The molecule has 4 N–H and O–H groups in total. The van der Waals surface area contributed by atoms with Crippen LogP contribution in [0.4, 0.5) is 5.69 Å². The number of hydroxylamine groups is 1. The molecule has 0 saturated carbocycles. The zero-order valence-electron chi connectivity index (χ0n) is 15.4. The normalized spacial score (nSPS) is 10.6. The van der Waals surface area contributed by atoms with Gasteiger partial charge in [-0.2, -0.15) is 5.48 Å². The third-order valence-electron chi connectivity index (χ3n) is 3.92. The molecular formula is C18H19N3O8. The minimum atomic E-state index is -1.21. The minimum Gasteiger partial charge on any atom is -0.478 e. The summed E-state index contributed by atoms with van der Waals surface area (Å²) in [6.07, 6.45) is 0. The Kier molecular flexibility index (Phi) is 7.74. The van der Waals surface area contributed by atoms with E-state index >= 15 is 0 Å². The van der Waals surface area contributed by atoms with E-state index < -0.39 is 16.8 Å². The van der Waals surface area contributed by atoms with E-state index in [0.717, 1.165) is 0 Å². The predicted molar refractivity (Wildman–Crippen MR) is 98.9 cm³/mol. The molecule has 11 heteroatoms. The fourth-order valence-corrected chi connectivity index (χ4v) is 2.50. The number of nitrogens with one attached hydrogen (secondary N) is 2. The molecule has 154 valence electrons. The largest absolute Gasteiger partial charge is 0.478 e. The number of non-ortho nitro benzene ring substituents is 1. The van der Waals surface area contributed by atoms with Gasteiger partial charge in [-0.15, -0.1) is 0 Å². The third-order valence-corrected chi connectivity index (χ3v) is 3.92. The molecule has 2 aromatic rings. The van der Waals surface area contributed by atoms with Crippen LogP contribution < -0.4 is 10.8 Å². The number of carbonyl (C=O) groups is 2. The van der Waals surface area contributed by atoms with E-state index in [-0.39, 0.29) is 36.7 Å². The topological polar surface area (TPSA) is 160 Å². The van der Waals surface area contributed by atoms with Crippen molar-refractivity contribution < 1.29 is 34.6 Å². The van der Waals surface area contributed by atoms with Gasteiger partial charge in [0.2, 0.25) is 0 Å². The number of carboxylic acids is 1. The lowest BCUT2D eigenvalue weighted by atomic mass is 10.0. The molecule has 0 spiro atoms. The van der Waals surface area contributed by atoms with E-state index in [4.69, 9.17) is 10.1 Å². The third kappa shape index (κ3) is 6.05. The smallest absolute Gasteiger partial charge is 0.336 e. The standard InChI is InChI=1S/C18H19N3O8/c1-11-2-5-15(16(6-11)18(23)24)17(22)19-10-20-28-8-12-3-4-14(21(25)26)7-13(12)9-29-27/h2-7,20,27H,8-10H2,1H3,(H,19,22)(H,23,24). The average Bonchev–Trinajstić information content (AvgIpc) is 2.68. The van der Waals surface area contributed by atoms with Gasteiger partial charge in [-0.05, 0) is 36.2 Å². The lowest BCUT2D eigenvalue weighted by molar-refractivity contribution is -0.385. The second-order valence-electron chi connectivity index (χ2n) is 5.95. The number of nitrogens with zero attached hydrogens (tertiary/aromatic N) is 1. The highest BCUT2D eigenvalue weighted by Gasteiger charge is 2.16. The first-order valence-electron chi connectivity index (χ1n) is 8.32. The Morgan fingerprint density at radius 2 is 1.86 bits per heavy atom. The second-order valence-corrected chi connectivity index (χ2v) is 5.95. The van der Waals surface area contributed by atoms with Crippen molar-refractivity contribution in [2.45, 2.75) is 20.1 Å². The van der Waals surface area contributed by atoms with Gasteiger partial charge in [0.05, 0.1) is 29.3 Å². The minimum absolute atomic E-state index is 0.0163. The molecule has 2 rings (SSSR count). The number of carboxylic acid groups (broad SMARTS) is 1. The molecule has 0 aliphatic carbocycles. The molecule has 29 heavy (non-hydrogen) atoms. The van der Waals surface area contributed by atoms with Crippen molar-refractivity contribution >= 4 is 17.6 Å². The fourth-order valence-electron chi connectivity index (χ4n) is 2.50. The molecule has 0 unspecified atom stereocenters. The zero-order valence-corrected chi connectivity index (χ0v) is 15.4. The van der Waals surface area contributed by atoms with Crippen LogP contribution in [0.3, 0.4) is 0 Å². The molecule has 0 heterocycles. The van der Waals surface area contributed by atoms with Crippen LogP contribution in [0.15, 0.2) is 36.4 Å². The summed E-state index contributed by atoms with van der Waals surface area (Å²) in [7, 11) is 0. The second kappa shape index (κ2) is 10.2. The number of hydrogen-bond acceptors (Lipinski definition) is 8. The molecule has 0 fully saturated rings. The molecule has 0 atom stereocenters. The Morgan fingerprint density at radius 3 is 2.52 bits per heavy atom. The summed E-state index contributed by atoms with van der Waals surface area (Å²) in [5.41, 5.74) is 3.83. The number of carbonyl (C=O) groups excluding carboxylic acids is 1. The summed E-state index contributed by atoms with van der Waals surface area (Å²) in [6.45, 7) is 1.31. The van der Waals surface area contributed by atoms with E-state index in [1.54, 1.807) is 13.0 Å². The van der Waals surface area contributed by atoms with Crippen molar-refractivity contribution in [3.8, 4) is 0 Å². The SMILES string of the molecule is Cc1ccc(C(=O)NCNOCc2ccc([N+](=O)[O-])cc2COO)c(C(=O)O)c1. The van der Waals surface area contributed by atoms with Crippen LogP contribution in [0.1, 0.15) is 37.4 Å². The van der Waals surface area contributed by atoms with Gasteiger partial charge in [-0.25, -0.2) is 9.68 Å². The summed E-state index contributed by atoms with van der Waals surface area (Å²) in [4.78, 5) is 42.9. The van der Waals surface area contributed by atoms with E-state index in [2.05, 4.69) is 15.7 Å². The van der Waals surface area contributed by atoms with Crippen LogP contribution in [0, 0.1) is 17.0 Å². The van der Waals surface area contributed by atoms with Crippen LogP contribution in [0.2, 0.25) is 0 Å². The maximum absolute atomic E-state index is 12.2. The van der Waals surface area contributed by atoms with Crippen LogP contribution >= 0.6 is 0 Å². The molecule has 0 aromatic heterocycles. The number of hydrogen-bond donors (Lipinski definition) is 4. The zero-order chi connectivity index (χ0) is 21.4. The van der Waals surface area contributed by atoms with E-state index in [1.807, 2.05) is 0 Å². The lowest BCUT2D eigenvalue weighted by Crippen LogP contribution is -2.34. The van der Waals surface area contributed by atoms with Gasteiger partial charge in [0.25, 0.3) is 11.6 Å². The van der Waals surface area contributed by atoms with Crippen LogP contribution in [0.5, 0.6) is 0 Å². The number of nitro benzene ring substituents is 1. The van der Waals surface area contributed by atoms with Gasteiger partial charge in [0.1, 0.15) is 6.61 Å². The highest BCUT2D eigenvalue weighted by molar-refractivity contribution is 6.04. The molecule has 1 amide bonds. The maximum atomic E-state index is 12.2. The molecule has 0 saturated heterocycles. The average molecular weight is 405 g/mol. The summed E-state index contributed by atoms with van der Waals surface area (Å²) in [5, 5.41) is 31.1. The van der Waals surface area contributed by atoms with Gasteiger partial charge in [-0.1, -0.05) is 11.6 Å². The van der Waals surface area contributed by atoms with Gasteiger partial charge in [0, 0.05) is 12.1 Å². The molecule has 0 aliphatic heterocycles. The predicted octanol–water partition coefficient (Wildman–Crippen LogP) is 2.00. The molecular weight excluding hydrogens is 386 g/mol. The molecule has 0 bridgehead atoms. The first-order chi connectivity index (χ1) is 13.8. The van der Waals surface area contributed by atoms with Crippen molar-refractivity contribution in [3.05, 3.63) is 74.3 Å². The summed E-state index contributed by atoms with van der Waals surface area (Å²) >= 11 is 0. The first-order valence-corrected chi connectivity index (χ1v) is 8.32. The Morgan fingerprint density at radius 1 is 1.10 bits per heavy atom. The van der Waals surface area contributed by atoms with Crippen molar-refractivity contribution in [1.82, 2.24) is 10.8 Å². The Balaban J connectivity index is 1.90. The van der Waals surface area contributed by atoms with E-state index in [0.29, 0.717) is 16.7 Å². The van der Waals surface area contributed by atoms with E-state index in [1.165, 1.54) is 30.3 Å². The Labute approximate surface area is 164 Å². The monoisotopic (exact) mass is 405 g/mol. The molecule has 2 aromatic carbocycles. The Hall–Kier alpha value is -3.38. The summed E-state index contributed by atoms with van der Waals surface area (Å²) in [6, 6.07) is 8.45. The highest BCUT2D eigenvalue weighted by atomic mass is 17.1. The molecule has 0 aliphatic rings. The molecule has 11 nitrogen and oxygen atoms in total. The maximum Gasteiger partial charge on any atom is 0.336 e. The summed E-state index contributed by atoms with van der Waals surface area (Å²) < 4.78 is 0. The Bertz CT molecular complexity index is 916. The number of rotatable bonds is 10. The lowest BCUT2D eigenvalue weighted by Gasteiger charge is -2.11. The quantitative estimate of drug-likeness (QED) is 0.152. The number of aryl methyl sites for hydroxylation is 1. The van der Waals surface area contributed by atoms with Crippen molar-refractivity contribution in [2.75, 3.05) is 6.67 Å². The van der Waals surface area contributed by atoms with Gasteiger partial charge in [-0.3, -0.25) is 25.0 Å². The number of nitro groups is 1. The van der Waals surface area contributed by atoms with Crippen molar-refractivity contribution in [3.63, 3.8) is 0 Å².